The molecule has 0 aliphatic rings. The molecule has 0 unspecified atom stereocenters. The Balaban J connectivity index is 0.00000361. The zero-order valence-corrected chi connectivity index (χ0v) is 13.1. The van der Waals surface area contributed by atoms with Gasteiger partial charge in [-0.1, -0.05) is 17.8 Å². The van der Waals surface area contributed by atoms with Gasteiger partial charge in [0, 0.05) is 5.38 Å². The van der Waals surface area contributed by atoms with E-state index in [4.69, 9.17) is 28.0 Å². The highest BCUT2D eigenvalue weighted by Gasteiger charge is 2.17. The van der Waals surface area contributed by atoms with Crippen molar-refractivity contribution < 1.29 is 14.4 Å². The Labute approximate surface area is 135 Å². The van der Waals surface area contributed by atoms with E-state index in [1.165, 1.54) is 11.5 Å². The first kappa shape index (κ1) is 18.9. The summed E-state index contributed by atoms with van der Waals surface area (Å²) < 4.78 is 0. The SMILES string of the molecule is C=CCO/N=C(/C(=O)Cl)c1csc(NC(=O)CCl)n1.Cl. The van der Waals surface area contributed by atoms with Crippen LogP contribution < -0.4 is 5.32 Å². The summed E-state index contributed by atoms with van der Waals surface area (Å²) in [4.78, 5) is 31.1. The minimum Gasteiger partial charge on any atom is -0.391 e. The lowest BCUT2D eigenvalue weighted by atomic mass is 10.3. The molecule has 0 bridgehead atoms. The molecule has 0 aromatic carbocycles. The third-order valence-electron chi connectivity index (χ3n) is 1.65. The van der Waals surface area contributed by atoms with Crippen LogP contribution in [0.2, 0.25) is 0 Å². The molecule has 1 amide bonds. The van der Waals surface area contributed by atoms with Crippen molar-refractivity contribution in [2.75, 3.05) is 17.8 Å². The molecule has 0 aliphatic heterocycles. The van der Waals surface area contributed by atoms with Gasteiger partial charge in [-0.15, -0.1) is 35.3 Å². The van der Waals surface area contributed by atoms with Gasteiger partial charge in [0.15, 0.2) is 10.8 Å². The number of anilines is 1. The fourth-order valence-electron chi connectivity index (χ4n) is 0.930. The van der Waals surface area contributed by atoms with Crippen molar-refractivity contribution in [1.29, 1.82) is 0 Å². The lowest BCUT2D eigenvalue weighted by molar-refractivity contribution is -0.114. The Morgan fingerprint density at radius 1 is 1.60 bits per heavy atom. The standard InChI is InChI=1S/C10H9Cl2N3O3S.ClH/c1-2-3-18-15-8(9(12)17)6-5-19-10(13-6)14-7(16)4-11;/h2,5H,1,3-4H2,(H,13,14,16);1H/b15-8+;. The normalized spacial score (nSPS) is 10.4. The van der Waals surface area contributed by atoms with Crippen LogP contribution >= 0.6 is 46.9 Å². The number of amides is 1. The van der Waals surface area contributed by atoms with E-state index in [9.17, 15) is 9.59 Å². The lowest BCUT2D eigenvalue weighted by Crippen LogP contribution is -2.14. The third kappa shape index (κ3) is 5.87. The summed E-state index contributed by atoms with van der Waals surface area (Å²) in [6, 6.07) is 0. The minimum absolute atomic E-state index is 0. The number of hydrogen-bond acceptors (Lipinski definition) is 6. The second-order valence-corrected chi connectivity index (χ2v) is 4.49. The van der Waals surface area contributed by atoms with Crippen LogP contribution in [-0.4, -0.2) is 34.3 Å². The maximum atomic E-state index is 11.2. The van der Waals surface area contributed by atoms with Crippen LogP contribution in [0.1, 0.15) is 5.69 Å². The first-order valence-corrected chi connectivity index (χ1v) is 6.70. The van der Waals surface area contributed by atoms with Crippen molar-refractivity contribution >= 4 is 68.9 Å². The Kier molecular flexibility index (Phi) is 9.15. The van der Waals surface area contributed by atoms with Crippen LogP contribution in [0, 0.1) is 0 Å². The number of nitrogens with zero attached hydrogens (tertiary/aromatic N) is 2. The number of nitrogens with one attached hydrogen (secondary N) is 1. The number of oxime groups is 1. The zero-order valence-electron chi connectivity index (χ0n) is 9.97. The summed E-state index contributed by atoms with van der Waals surface area (Å²) in [6.45, 7) is 3.57. The fraction of sp³-hybridized carbons (Fsp3) is 0.200. The smallest absolute Gasteiger partial charge is 0.276 e. The van der Waals surface area contributed by atoms with Crippen molar-refractivity contribution in [1.82, 2.24) is 4.98 Å². The van der Waals surface area contributed by atoms with Crippen molar-refractivity contribution in [2.24, 2.45) is 5.16 Å². The molecule has 0 spiro atoms. The average Bonchev–Trinajstić information content (AvgIpc) is 2.82. The predicted molar refractivity (Wildman–Crippen MR) is 82.3 cm³/mol. The number of halogens is 3. The molecule has 1 rings (SSSR count). The Hall–Kier alpha value is -1.15. The highest BCUT2D eigenvalue weighted by atomic mass is 35.5. The number of carbonyl (C=O) groups is 2. The Bertz CT molecular complexity index is 519. The monoisotopic (exact) mass is 357 g/mol. The maximum Gasteiger partial charge on any atom is 0.276 e. The van der Waals surface area contributed by atoms with Crippen molar-refractivity contribution in [2.45, 2.75) is 0 Å². The van der Waals surface area contributed by atoms with E-state index in [0.29, 0.717) is 0 Å². The van der Waals surface area contributed by atoms with Gasteiger partial charge in [-0.05, 0) is 11.6 Å². The molecule has 1 aromatic rings. The van der Waals surface area contributed by atoms with Crippen LogP contribution in [0.3, 0.4) is 0 Å². The van der Waals surface area contributed by atoms with E-state index in [2.05, 4.69) is 22.0 Å². The molecule has 1 aromatic heterocycles. The van der Waals surface area contributed by atoms with Crippen molar-refractivity contribution in [3.63, 3.8) is 0 Å². The Morgan fingerprint density at radius 3 is 2.85 bits per heavy atom. The van der Waals surface area contributed by atoms with Gasteiger partial charge < -0.3 is 10.2 Å². The van der Waals surface area contributed by atoms with Gasteiger partial charge >= 0.3 is 0 Å². The molecule has 1 N–H and O–H groups in total. The molecule has 0 saturated heterocycles. The highest BCUT2D eigenvalue weighted by Crippen LogP contribution is 2.17. The fourth-order valence-corrected chi connectivity index (χ4v) is 1.84. The van der Waals surface area contributed by atoms with Gasteiger partial charge in [0.1, 0.15) is 18.2 Å². The number of rotatable bonds is 7. The molecule has 110 valence electrons. The molecule has 0 radical (unpaired) electrons. The number of thiazole rings is 1. The Morgan fingerprint density at radius 2 is 2.30 bits per heavy atom. The van der Waals surface area contributed by atoms with E-state index in [1.54, 1.807) is 0 Å². The summed E-state index contributed by atoms with van der Waals surface area (Å²) >= 11 is 11.8. The molecule has 6 nitrogen and oxygen atoms in total. The molecule has 0 aliphatic carbocycles. The van der Waals surface area contributed by atoms with Gasteiger partial charge in [0.25, 0.3) is 5.24 Å². The van der Waals surface area contributed by atoms with Crippen LogP contribution in [-0.2, 0) is 14.4 Å². The van der Waals surface area contributed by atoms with Gasteiger partial charge in [0.05, 0.1) is 0 Å². The lowest BCUT2D eigenvalue weighted by Gasteiger charge is -1.98. The summed E-state index contributed by atoms with van der Waals surface area (Å²) in [5, 5.41) is 6.99. The number of hydrogen-bond donors (Lipinski definition) is 1. The second kappa shape index (κ2) is 9.71. The number of carbonyl (C=O) groups excluding carboxylic acids is 2. The average molecular weight is 359 g/mol. The van der Waals surface area contributed by atoms with E-state index < -0.39 is 11.1 Å². The summed E-state index contributed by atoms with van der Waals surface area (Å²) in [5.74, 6) is -0.589. The molecule has 0 saturated carbocycles. The first-order chi connectivity index (χ1) is 9.08. The van der Waals surface area contributed by atoms with E-state index in [1.807, 2.05) is 0 Å². The molecule has 1 heterocycles. The summed E-state index contributed by atoms with van der Waals surface area (Å²) in [7, 11) is 0. The van der Waals surface area contributed by atoms with Gasteiger partial charge in [-0.2, -0.15) is 0 Å². The van der Waals surface area contributed by atoms with Crippen LogP contribution in [0.5, 0.6) is 0 Å². The van der Waals surface area contributed by atoms with Crippen molar-refractivity contribution in [3.8, 4) is 0 Å². The summed E-state index contributed by atoms with van der Waals surface area (Å²) in [5.41, 5.74) is 0.0603. The molecule has 10 heteroatoms. The van der Waals surface area contributed by atoms with Crippen LogP contribution in [0.15, 0.2) is 23.2 Å². The quantitative estimate of drug-likeness (QED) is 0.203. The first-order valence-electron chi connectivity index (χ1n) is 4.91. The summed E-state index contributed by atoms with van der Waals surface area (Å²) in [6.07, 6.45) is 1.47. The van der Waals surface area contributed by atoms with E-state index in [0.717, 1.165) is 11.3 Å². The zero-order chi connectivity index (χ0) is 14.3. The van der Waals surface area contributed by atoms with Gasteiger partial charge in [-0.25, -0.2) is 4.98 Å². The highest BCUT2D eigenvalue weighted by molar-refractivity contribution is 7.14. The second-order valence-electron chi connectivity index (χ2n) is 3.02. The largest absolute Gasteiger partial charge is 0.391 e. The van der Waals surface area contributed by atoms with Gasteiger partial charge in [-0.3, -0.25) is 9.59 Å². The molecular weight excluding hydrogens is 349 g/mol. The van der Waals surface area contributed by atoms with E-state index >= 15 is 0 Å². The molecular formula is C10H10Cl3N3O3S. The van der Waals surface area contributed by atoms with Gasteiger partial charge in [0.2, 0.25) is 5.91 Å². The molecule has 0 fully saturated rings. The van der Waals surface area contributed by atoms with Crippen LogP contribution in [0.25, 0.3) is 0 Å². The van der Waals surface area contributed by atoms with E-state index in [-0.39, 0.29) is 41.4 Å². The maximum absolute atomic E-state index is 11.2. The topological polar surface area (TPSA) is 80.6 Å². The van der Waals surface area contributed by atoms with Crippen LogP contribution in [0.4, 0.5) is 5.13 Å². The molecule has 0 atom stereocenters. The minimum atomic E-state index is -0.815. The number of alkyl halides is 1. The third-order valence-corrected chi connectivity index (χ3v) is 2.83. The number of aromatic nitrogens is 1. The van der Waals surface area contributed by atoms with Crippen molar-refractivity contribution in [3.05, 3.63) is 23.7 Å². The molecule has 20 heavy (non-hydrogen) atoms. The predicted octanol–water partition coefficient (Wildman–Crippen LogP) is 2.41.